The first-order valence-electron chi connectivity index (χ1n) is 4.93. The summed E-state index contributed by atoms with van der Waals surface area (Å²) in [7, 11) is 0. The van der Waals surface area contributed by atoms with E-state index in [4.69, 9.17) is 4.42 Å². The summed E-state index contributed by atoms with van der Waals surface area (Å²) in [5, 5.41) is 11.4. The fraction of sp³-hybridized carbons (Fsp3) is 0.778. The molecule has 1 atom stereocenters. The predicted octanol–water partition coefficient (Wildman–Crippen LogP) is 1.10. The molecule has 1 aliphatic heterocycles. The molecule has 1 fully saturated rings. The van der Waals surface area contributed by atoms with Crippen molar-refractivity contribution < 1.29 is 4.42 Å². The molecule has 0 bridgehead atoms. The van der Waals surface area contributed by atoms with Crippen LogP contribution in [0.15, 0.2) is 4.42 Å². The van der Waals surface area contributed by atoms with Gasteiger partial charge in [-0.1, -0.05) is 6.92 Å². The van der Waals surface area contributed by atoms with Crippen LogP contribution in [0.25, 0.3) is 0 Å². The van der Waals surface area contributed by atoms with Crippen LogP contribution in [0.2, 0.25) is 0 Å². The van der Waals surface area contributed by atoms with Gasteiger partial charge in [0.15, 0.2) is 0 Å². The molecule has 0 aromatic carbocycles. The summed E-state index contributed by atoms with van der Waals surface area (Å²) in [6.45, 7) is 4.16. The Hall–Kier alpha value is -0.900. The molecule has 1 aromatic rings. The maximum atomic E-state index is 5.55. The molecular weight excluding hydrogens is 166 g/mol. The SMILES string of the molecule is CCCc1nnc([C@@H]2CCNC2)o1. The number of nitrogens with zero attached hydrogens (tertiary/aromatic N) is 2. The van der Waals surface area contributed by atoms with Crippen molar-refractivity contribution in [3.8, 4) is 0 Å². The number of aryl methyl sites for hydroxylation is 1. The van der Waals surface area contributed by atoms with Crippen molar-refractivity contribution in [3.05, 3.63) is 11.8 Å². The van der Waals surface area contributed by atoms with E-state index in [9.17, 15) is 0 Å². The van der Waals surface area contributed by atoms with Crippen molar-refractivity contribution in [1.82, 2.24) is 15.5 Å². The van der Waals surface area contributed by atoms with E-state index in [2.05, 4.69) is 22.4 Å². The number of nitrogens with one attached hydrogen (secondary N) is 1. The Morgan fingerprint density at radius 3 is 3.15 bits per heavy atom. The van der Waals surface area contributed by atoms with Gasteiger partial charge >= 0.3 is 0 Å². The highest BCUT2D eigenvalue weighted by atomic mass is 16.4. The van der Waals surface area contributed by atoms with Gasteiger partial charge in [-0.25, -0.2) is 0 Å². The largest absolute Gasteiger partial charge is 0.425 e. The second-order valence-electron chi connectivity index (χ2n) is 3.47. The van der Waals surface area contributed by atoms with Crippen LogP contribution in [-0.2, 0) is 6.42 Å². The van der Waals surface area contributed by atoms with Crippen LogP contribution in [0.4, 0.5) is 0 Å². The molecule has 72 valence electrons. The topological polar surface area (TPSA) is 51.0 Å². The molecule has 0 saturated carbocycles. The standard InChI is InChI=1S/C9H15N3O/c1-2-3-8-11-12-9(13-8)7-4-5-10-6-7/h7,10H,2-6H2,1H3/t7-/m1/s1. The molecule has 0 radical (unpaired) electrons. The fourth-order valence-electron chi connectivity index (χ4n) is 1.61. The summed E-state index contributed by atoms with van der Waals surface area (Å²) in [6.07, 6.45) is 3.07. The molecule has 13 heavy (non-hydrogen) atoms. The Balaban J connectivity index is 2.03. The molecule has 1 aliphatic rings. The number of hydrogen-bond acceptors (Lipinski definition) is 4. The van der Waals surface area contributed by atoms with Crippen LogP contribution in [-0.4, -0.2) is 23.3 Å². The lowest BCUT2D eigenvalue weighted by Gasteiger charge is -1.99. The lowest BCUT2D eigenvalue weighted by molar-refractivity contribution is 0.421. The van der Waals surface area contributed by atoms with Crippen LogP contribution in [0.3, 0.4) is 0 Å². The van der Waals surface area contributed by atoms with Gasteiger partial charge in [0, 0.05) is 13.0 Å². The zero-order valence-corrected chi connectivity index (χ0v) is 7.92. The molecule has 4 heteroatoms. The summed E-state index contributed by atoms with van der Waals surface area (Å²) in [5.74, 6) is 2.04. The van der Waals surface area contributed by atoms with Crippen LogP contribution in [0.5, 0.6) is 0 Å². The van der Waals surface area contributed by atoms with Gasteiger partial charge in [0.25, 0.3) is 0 Å². The highest BCUT2D eigenvalue weighted by Gasteiger charge is 2.21. The van der Waals surface area contributed by atoms with Crippen molar-refractivity contribution in [3.63, 3.8) is 0 Å². The zero-order chi connectivity index (χ0) is 9.10. The maximum Gasteiger partial charge on any atom is 0.220 e. The molecule has 0 aliphatic carbocycles. The summed E-state index contributed by atoms with van der Waals surface area (Å²) in [6, 6.07) is 0. The quantitative estimate of drug-likeness (QED) is 0.758. The average molecular weight is 181 g/mol. The van der Waals surface area contributed by atoms with Crippen molar-refractivity contribution in [2.24, 2.45) is 0 Å². The third-order valence-corrected chi connectivity index (χ3v) is 2.36. The number of rotatable bonds is 3. The highest BCUT2D eigenvalue weighted by Crippen LogP contribution is 2.20. The Kier molecular flexibility index (Phi) is 2.59. The van der Waals surface area contributed by atoms with E-state index in [1.54, 1.807) is 0 Å². The van der Waals surface area contributed by atoms with Gasteiger partial charge in [-0.15, -0.1) is 10.2 Å². The second kappa shape index (κ2) is 3.87. The van der Waals surface area contributed by atoms with E-state index in [-0.39, 0.29) is 0 Å². The van der Waals surface area contributed by atoms with Crippen molar-refractivity contribution in [2.75, 3.05) is 13.1 Å². The van der Waals surface area contributed by atoms with Crippen LogP contribution in [0, 0.1) is 0 Å². The third kappa shape index (κ3) is 1.88. The molecule has 1 saturated heterocycles. The molecule has 2 heterocycles. The van der Waals surface area contributed by atoms with Gasteiger partial charge in [-0.05, 0) is 19.4 Å². The Labute approximate surface area is 77.7 Å². The van der Waals surface area contributed by atoms with E-state index in [0.717, 1.165) is 44.1 Å². The molecule has 4 nitrogen and oxygen atoms in total. The van der Waals surface area contributed by atoms with Crippen LogP contribution >= 0.6 is 0 Å². The molecule has 1 N–H and O–H groups in total. The van der Waals surface area contributed by atoms with Crippen LogP contribution < -0.4 is 5.32 Å². The Bertz CT molecular complexity index is 266. The second-order valence-corrected chi connectivity index (χ2v) is 3.47. The van der Waals surface area contributed by atoms with Crippen molar-refractivity contribution in [2.45, 2.75) is 32.1 Å². The third-order valence-electron chi connectivity index (χ3n) is 2.36. The first-order valence-corrected chi connectivity index (χ1v) is 4.93. The van der Waals surface area contributed by atoms with E-state index in [1.165, 1.54) is 0 Å². The minimum atomic E-state index is 0.443. The minimum absolute atomic E-state index is 0.443. The first kappa shape index (κ1) is 8.69. The molecule has 1 aromatic heterocycles. The predicted molar refractivity (Wildman–Crippen MR) is 48.5 cm³/mol. The summed E-state index contributed by atoms with van der Waals surface area (Å²) in [4.78, 5) is 0. The van der Waals surface area contributed by atoms with Gasteiger partial charge in [-0.3, -0.25) is 0 Å². The van der Waals surface area contributed by atoms with Crippen LogP contribution in [0.1, 0.15) is 37.5 Å². The van der Waals surface area contributed by atoms with Crippen molar-refractivity contribution in [1.29, 1.82) is 0 Å². The average Bonchev–Trinajstić information content (AvgIpc) is 2.70. The van der Waals surface area contributed by atoms with Gasteiger partial charge in [0.1, 0.15) is 0 Å². The van der Waals surface area contributed by atoms with E-state index >= 15 is 0 Å². The first-order chi connectivity index (χ1) is 6.40. The van der Waals surface area contributed by atoms with E-state index in [1.807, 2.05) is 0 Å². The lowest BCUT2D eigenvalue weighted by Crippen LogP contribution is -2.08. The lowest BCUT2D eigenvalue weighted by atomic mass is 10.1. The summed E-state index contributed by atoms with van der Waals surface area (Å²) < 4.78 is 5.55. The molecular formula is C9H15N3O. The summed E-state index contributed by atoms with van der Waals surface area (Å²) in [5.41, 5.74) is 0. The molecule has 0 spiro atoms. The van der Waals surface area contributed by atoms with E-state index in [0.29, 0.717) is 5.92 Å². The minimum Gasteiger partial charge on any atom is -0.425 e. The smallest absolute Gasteiger partial charge is 0.220 e. The number of aromatic nitrogens is 2. The monoisotopic (exact) mass is 181 g/mol. The fourth-order valence-corrected chi connectivity index (χ4v) is 1.61. The zero-order valence-electron chi connectivity index (χ0n) is 7.92. The van der Waals surface area contributed by atoms with Gasteiger partial charge in [0.05, 0.1) is 5.92 Å². The highest BCUT2D eigenvalue weighted by molar-refractivity contribution is 4.96. The molecule has 0 unspecified atom stereocenters. The maximum absolute atomic E-state index is 5.55. The summed E-state index contributed by atoms with van der Waals surface area (Å²) >= 11 is 0. The molecule has 2 rings (SSSR count). The van der Waals surface area contributed by atoms with Crippen molar-refractivity contribution >= 4 is 0 Å². The number of hydrogen-bond donors (Lipinski definition) is 1. The van der Waals surface area contributed by atoms with Gasteiger partial charge in [0.2, 0.25) is 11.8 Å². The normalized spacial score (nSPS) is 22.4. The van der Waals surface area contributed by atoms with E-state index < -0.39 is 0 Å². The Morgan fingerprint density at radius 2 is 2.46 bits per heavy atom. The van der Waals surface area contributed by atoms with Gasteiger partial charge in [-0.2, -0.15) is 0 Å². The van der Waals surface area contributed by atoms with Gasteiger partial charge < -0.3 is 9.73 Å². The molecule has 0 amide bonds. The Morgan fingerprint density at radius 1 is 1.54 bits per heavy atom.